The Bertz CT molecular complexity index is 333. The van der Waals surface area contributed by atoms with Crippen molar-refractivity contribution in [1.29, 1.82) is 0 Å². The van der Waals surface area contributed by atoms with Gasteiger partial charge in [0.05, 0.1) is 0 Å². The van der Waals surface area contributed by atoms with E-state index in [0.717, 1.165) is 25.9 Å². The van der Waals surface area contributed by atoms with E-state index in [1.54, 1.807) is 11.9 Å². The van der Waals surface area contributed by atoms with Gasteiger partial charge in [0, 0.05) is 26.1 Å². The molecule has 0 bridgehead atoms. The summed E-state index contributed by atoms with van der Waals surface area (Å²) < 4.78 is 0. The van der Waals surface area contributed by atoms with Crippen molar-refractivity contribution < 1.29 is 9.63 Å². The summed E-state index contributed by atoms with van der Waals surface area (Å²) in [6.07, 6.45) is 2.69. The number of piperidine rings is 1. The third-order valence-electron chi connectivity index (χ3n) is 3.61. The third-order valence-corrected chi connectivity index (χ3v) is 3.61. The van der Waals surface area contributed by atoms with Crippen LogP contribution >= 0.6 is 0 Å². The summed E-state index contributed by atoms with van der Waals surface area (Å²) >= 11 is 0. The van der Waals surface area contributed by atoms with Gasteiger partial charge in [-0.15, -0.1) is 0 Å². The van der Waals surface area contributed by atoms with Crippen LogP contribution in [0.4, 0.5) is 0 Å². The van der Waals surface area contributed by atoms with Gasteiger partial charge in [-0.2, -0.15) is 0 Å². The molecular weight excluding hydrogens is 218 g/mol. The largest absolute Gasteiger partial charge is 0.387 e. The van der Waals surface area contributed by atoms with Gasteiger partial charge in [-0.3, -0.25) is 4.79 Å². The smallest absolute Gasteiger partial charge is 0.271 e. The number of carbonyl (C=O) groups excluding carboxylic acids is 1. The lowest BCUT2D eigenvalue weighted by Crippen LogP contribution is -2.47. The predicted octanol–water partition coefficient (Wildman–Crippen LogP) is 0.752. The Labute approximate surface area is 102 Å². The van der Waals surface area contributed by atoms with E-state index < -0.39 is 0 Å². The molecule has 2 aliphatic rings. The van der Waals surface area contributed by atoms with Crippen LogP contribution in [0.15, 0.2) is 5.16 Å². The zero-order valence-electron chi connectivity index (χ0n) is 10.8. The molecule has 1 N–H and O–H groups in total. The van der Waals surface area contributed by atoms with Gasteiger partial charge in [-0.1, -0.05) is 5.16 Å². The molecule has 1 spiro atoms. The fourth-order valence-electron chi connectivity index (χ4n) is 2.24. The summed E-state index contributed by atoms with van der Waals surface area (Å²) in [6.45, 7) is 5.80. The highest BCUT2D eigenvalue weighted by molar-refractivity contribution is 6.39. The predicted molar refractivity (Wildman–Crippen MR) is 65.9 cm³/mol. The first kappa shape index (κ1) is 12.4. The molecule has 1 fully saturated rings. The van der Waals surface area contributed by atoms with Crippen LogP contribution in [0, 0.1) is 0 Å². The Morgan fingerprint density at radius 2 is 2.35 bits per heavy atom. The zero-order valence-corrected chi connectivity index (χ0v) is 10.8. The minimum atomic E-state index is -0.263. The Morgan fingerprint density at radius 1 is 1.59 bits per heavy atom. The summed E-state index contributed by atoms with van der Waals surface area (Å²) in [6, 6.07) is 0.186. The maximum atomic E-state index is 12.1. The van der Waals surface area contributed by atoms with Crippen molar-refractivity contribution in [2.75, 3.05) is 20.1 Å². The lowest BCUT2D eigenvalue weighted by Gasteiger charge is -2.31. The Balaban J connectivity index is 1.99. The average molecular weight is 239 g/mol. The second-order valence-corrected chi connectivity index (χ2v) is 5.28. The number of rotatable bonds is 2. The molecule has 0 aromatic heterocycles. The summed E-state index contributed by atoms with van der Waals surface area (Å²) in [5, 5.41) is 7.31. The van der Waals surface area contributed by atoms with Crippen LogP contribution in [0.1, 0.15) is 33.1 Å². The Hall–Kier alpha value is -1.10. The van der Waals surface area contributed by atoms with Crippen molar-refractivity contribution in [1.82, 2.24) is 10.2 Å². The van der Waals surface area contributed by atoms with Gasteiger partial charge in [0.2, 0.25) is 0 Å². The van der Waals surface area contributed by atoms with Crippen molar-refractivity contribution >= 4 is 11.6 Å². The number of hydrogen-bond acceptors (Lipinski definition) is 4. The van der Waals surface area contributed by atoms with Crippen LogP contribution in [0.2, 0.25) is 0 Å². The van der Waals surface area contributed by atoms with E-state index in [1.165, 1.54) is 0 Å². The monoisotopic (exact) mass is 239 g/mol. The van der Waals surface area contributed by atoms with Crippen molar-refractivity contribution in [2.45, 2.75) is 44.8 Å². The van der Waals surface area contributed by atoms with Crippen LogP contribution in [0.5, 0.6) is 0 Å². The van der Waals surface area contributed by atoms with Crippen LogP contribution in [0.3, 0.4) is 0 Å². The zero-order chi connectivity index (χ0) is 12.5. The second kappa shape index (κ2) is 4.64. The lowest BCUT2D eigenvalue weighted by molar-refractivity contribution is -0.124. The number of nitrogens with one attached hydrogen (secondary N) is 1. The molecule has 0 unspecified atom stereocenters. The summed E-state index contributed by atoms with van der Waals surface area (Å²) in [4.78, 5) is 19.3. The number of hydrogen-bond donors (Lipinski definition) is 1. The molecule has 1 amide bonds. The third kappa shape index (κ3) is 2.44. The van der Waals surface area contributed by atoms with E-state index >= 15 is 0 Å². The molecule has 2 rings (SSSR count). The molecule has 0 aromatic carbocycles. The molecule has 0 radical (unpaired) electrons. The van der Waals surface area contributed by atoms with Gasteiger partial charge >= 0.3 is 0 Å². The van der Waals surface area contributed by atoms with Gasteiger partial charge in [0.15, 0.2) is 5.60 Å². The number of oxime groups is 1. The average Bonchev–Trinajstić information content (AvgIpc) is 2.72. The minimum absolute atomic E-state index is 0.0116. The highest BCUT2D eigenvalue weighted by atomic mass is 16.7. The first-order valence-electron chi connectivity index (χ1n) is 6.27. The molecule has 2 heterocycles. The maximum absolute atomic E-state index is 12.1. The number of nitrogens with zero attached hydrogens (tertiary/aromatic N) is 2. The van der Waals surface area contributed by atoms with E-state index in [9.17, 15) is 4.79 Å². The van der Waals surface area contributed by atoms with Gasteiger partial charge in [-0.25, -0.2) is 0 Å². The maximum Gasteiger partial charge on any atom is 0.271 e. The summed E-state index contributed by atoms with van der Waals surface area (Å²) in [5.74, 6) is -0.0116. The van der Waals surface area contributed by atoms with E-state index in [-0.39, 0.29) is 17.6 Å². The highest BCUT2D eigenvalue weighted by Gasteiger charge is 2.42. The molecule has 0 aromatic rings. The number of amides is 1. The van der Waals surface area contributed by atoms with Crippen LogP contribution in [0.25, 0.3) is 0 Å². The molecule has 0 saturated carbocycles. The van der Waals surface area contributed by atoms with Gasteiger partial charge in [-0.05, 0) is 33.2 Å². The van der Waals surface area contributed by atoms with Gasteiger partial charge in [0.25, 0.3) is 5.91 Å². The van der Waals surface area contributed by atoms with E-state index in [2.05, 4.69) is 10.5 Å². The molecule has 1 atom stereocenters. The summed E-state index contributed by atoms with van der Waals surface area (Å²) in [7, 11) is 1.81. The fraction of sp³-hybridized carbons (Fsp3) is 0.833. The molecule has 1 saturated heterocycles. The van der Waals surface area contributed by atoms with E-state index in [0.29, 0.717) is 12.1 Å². The topological polar surface area (TPSA) is 53.9 Å². The van der Waals surface area contributed by atoms with Crippen molar-refractivity contribution in [3.8, 4) is 0 Å². The molecule has 0 aliphatic carbocycles. The van der Waals surface area contributed by atoms with Crippen LogP contribution in [-0.2, 0) is 9.63 Å². The van der Waals surface area contributed by atoms with Gasteiger partial charge < -0.3 is 15.1 Å². The van der Waals surface area contributed by atoms with Gasteiger partial charge in [0.1, 0.15) is 5.71 Å². The number of carbonyl (C=O) groups is 1. The summed E-state index contributed by atoms with van der Waals surface area (Å²) in [5.41, 5.74) is 0.297. The second-order valence-electron chi connectivity index (χ2n) is 5.28. The standard InChI is InChI=1S/C12H21N3O2/c1-9(2)15(3)11(16)10-7-12(17-14-10)5-4-6-13-8-12/h9,13H,4-8H2,1-3H3/t12-/m0/s1. The molecule has 96 valence electrons. The van der Waals surface area contributed by atoms with Crippen molar-refractivity contribution in [2.24, 2.45) is 5.16 Å². The highest BCUT2D eigenvalue weighted by Crippen LogP contribution is 2.30. The minimum Gasteiger partial charge on any atom is -0.387 e. The first-order chi connectivity index (χ1) is 8.04. The Kier molecular flexibility index (Phi) is 3.38. The van der Waals surface area contributed by atoms with Crippen LogP contribution < -0.4 is 5.32 Å². The van der Waals surface area contributed by atoms with Crippen molar-refractivity contribution in [3.63, 3.8) is 0 Å². The Morgan fingerprint density at radius 3 is 2.94 bits per heavy atom. The SMILES string of the molecule is CC(C)N(C)C(=O)C1=NO[C@@]2(CCCNC2)C1. The first-order valence-corrected chi connectivity index (χ1v) is 6.27. The normalized spacial score (nSPS) is 28.1. The molecule has 5 nitrogen and oxygen atoms in total. The fourth-order valence-corrected chi connectivity index (χ4v) is 2.24. The van der Waals surface area contributed by atoms with E-state index in [1.807, 2.05) is 13.8 Å². The molecule has 2 aliphatic heterocycles. The van der Waals surface area contributed by atoms with E-state index in [4.69, 9.17) is 4.84 Å². The van der Waals surface area contributed by atoms with Crippen LogP contribution in [-0.4, -0.2) is 48.3 Å². The lowest BCUT2D eigenvalue weighted by atomic mass is 9.89. The molecular formula is C12H21N3O2. The van der Waals surface area contributed by atoms with Crippen molar-refractivity contribution in [3.05, 3.63) is 0 Å². The molecule has 5 heteroatoms. The quantitative estimate of drug-likeness (QED) is 0.773. The molecule has 17 heavy (non-hydrogen) atoms.